The van der Waals surface area contributed by atoms with Crippen LogP contribution in [-0.2, 0) is 47.7 Å². The quantitative estimate of drug-likeness (QED) is 0.146. The van der Waals surface area contributed by atoms with E-state index in [2.05, 4.69) is 20.1 Å². The first-order chi connectivity index (χ1) is 15.3. The second-order valence-corrected chi connectivity index (χ2v) is 7.05. The van der Waals surface area contributed by atoms with Gasteiger partial charge in [-0.3, -0.25) is 24.0 Å². The highest BCUT2D eigenvalue weighted by molar-refractivity contribution is 5.91. The van der Waals surface area contributed by atoms with Crippen LogP contribution in [0.5, 0.6) is 0 Å². The number of carbonyl (C=O) groups is 6. The molecular formula is C18H24N4O11. The zero-order valence-corrected chi connectivity index (χ0v) is 18.2. The molecule has 15 heteroatoms. The van der Waals surface area contributed by atoms with E-state index in [0.29, 0.717) is 0 Å². The zero-order valence-electron chi connectivity index (χ0n) is 18.2. The first kappa shape index (κ1) is 27.2. The van der Waals surface area contributed by atoms with Crippen LogP contribution in [0.15, 0.2) is 5.11 Å². The lowest BCUT2D eigenvalue weighted by Gasteiger charge is -2.39. The topological polar surface area (TPSA) is 220 Å². The Balaban J connectivity index is 3.25. The molecule has 1 fully saturated rings. The van der Waals surface area contributed by atoms with E-state index < -0.39 is 72.3 Å². The normalized spacial score (nSPS) is 23.5. The highest BCUT2D eigenvalue weighted by Crippen LogP contribution is 2.28. The fourth-order valence-corrected chi connectivity index (χ4v) is 3.25. The van der Waals surface area contributed by atoms with E-state index in [0.717, 1.165) is 27.7 Å². The molecule has 6 atom stereocenters. The Labute approximate surface area is 187 Å². The number of azide groups is 1. The number of aliphatic carboxylic acids is 1. The largest absolute Gasteiger partial charge is 0.478 e. The number of hydrogen-bond acceptors (Lipinski definition) is 11. The third-order valence-electron chi connectivity index (χ3n) is 4.36. The van der Waals surface area contributed by atoms with Gasteiger partial charge < -0.3 is 29.4 Å². The van der Waals surface area contributed by atoms with Crippen LogP contribution in [0, 0.1) is 0 Å². The van der Waals surface area contributed by atoms with Gasteiger partial charge in [0.1, 0.15) is 12.2 Å². The predicted molar refractivity (Wildman–Crippen MR) is 104 cm³/mol. The van der Waals surface area contributed by atoms with E-state index in [4.69, 9.17) is 19.7 Å². The maximum absolute atomic E-state index is 12.9. The van der Waals surface area contributed by atoms with Crippen molar-refractivity contribution < 1.29 is 52.8 Å². The molecule has 0 aromatic rings. The highest BCUT2D eigenvalue weighted by Gasteiger charge is 2.45. The summed E-state index contributed by atoms with van der Waals surface area (Å²) in [7, 11) is 0. The molecule has 0 spiro atoms. The lowest BCUT2D eigenvalue weighted by atomic mass is 9.86. The number of rotatable bonds is 9. The van der Waals surface area contributed by atoms with Crippen molar-refractivity contribution in [1.29, 1.82) is 0 Å². The van der Waals surface area contributed by atoms with Gasteiger partial charge in [0, 0.05) is 39.0 Å². The van der Waals surface area contributed by atoms with Gasteiger partial charge in [-0.2, -0.15) is 0 Å². The average Bonchev–Trinajstić information content (AvgIpc) is 2.66. The highest BCUT2D eigenvalue weighted by atomic mass is 16.6. The summed E-state index contributed by atoms with van der Waals surface area (Å²) in [6.45, 7) is 4.03. The van der Waals surface area contributed by atoms with Crippen molar-refractivity contribution in [2.75, 3.05) is 0 Å². The van der Waals surface area contributed by atoms with Crippen LogP contribution in [0.3, 0.4) is 0 Å². The van der Waals surface area contributed by atoms with Crippen LogP contribution in [0.1, 0.15) is 40.5 Å². The molecule has 0 radical (unpaired) electrons. The van der Waals surface area contributed by atoms with Gasteiger partial charge in [0.05, 0.1) is 12.1 Å². The molecule has 0 aromatic carbocycles. The van der Waals surface area contributed by atoms with E-state index in [1.54, 1.807) is 0 Å². The van der Waals surface area contributed by atoms with Gasteiger partial charge in [0.2, 0.25) is 12.2 Å². The van der Waals surface area contributed by atoms with Crippen LogP contribution in [0.25, 0.3) is 10.4 Å². The van der Waals surface area contributed by atoms with Crippen molar-refractivity contribution in [3.8, 4) is 0 Å². The molecule has 182 valence electrons. The summed E-state index contributed by atoms with van der Waals surface area (Å²) in [6, 6.07) is -1.99. The number of esters is 4. The van der Waals surface area contributed by atoms with Crippen molar-refractivity contribution in [1.82, 2.24) is 5.32 Å². The maximum atomic E-state index is 12.9. The van der Waals surface area contributed by atoms with Gasteiger partial charge in [-0.25, -0.2) is 4.79 Å². The second-order valence-electron chi connectivity index (χ2n) is 7.05. The molecule has 0 heterocycles. The predicted octanol–water partition coefficient (Wildman–Crippen LogP) is -0.245. The number of carboxylic acids is 1. The van der Waals surface area contributed by atoms with E-state index in [9.17, 15) is 33.9 Å². The van der Waals surface area contributed by atoms with E-state index >= 15 is 0 Å². The molecule has 1 amide bonds. The van der Waals surface area contributed by atoms with Gasteiger partial charge in [-0.05, 0) is 12.0 Å². The number of amides is 1. The maximum Gasteiger partial charge on any atom is 0.349 e. The van der Waals surface area contributed by atoms with E-state index in [-0.39, 0.29) is 12.8 Å². The Hall–Kier alpha value is -3.87. The lowest BCUT2D eigenvalue weighted by Crippen LogP contribution is -2.58. The Kier molecular flexibility index (Phi) is 10.1. The second kappa shape index (κ2) is 12.2. The molecule has 0 bridgehead atoms. The summed E-state index contributed by atoms with van der Waals surface area (Å²) in [5.74, 6) is -6.44. The fourth-order valence-electron chi connectivity index (χ4n) is 3.25. The van der Waals surface area contributed by atoms with Gasteiger partial charge in [0.15, 0.2) is 0 Å². The minimum atomic E-state index is -2.16. The Bertz CT molecular complexity index is 854. The lowest BCUT2D eigenvalue weighted by molar-refractivity contribution is -0.181. The molecule has 1 rings (SSSR count). The number of nitrogens with zero attached hydrogens (tertiary/aromatic N) is 3. The third kappa shape index (κ3) is 8.65. The number of carboxylic acid groups (broad SMARTS) is 1. The molecule has 0 saturated heterocycles. The molecule has 1 aliphatic rings. The van der Waals surface area contributed by atoms with Gasteiger partial charge >= 0.3 is 29.8 Å². The summed E-state index contributed by atoms with van der Waals surface area (Å²) >= 11 is 0. The van der Waals surface area contributed by atoms with Crippen LogP contribution < -0.4 is 5.32 Å². The minimum absolute atomic E-state index is 0.142. The van der Waals surface area contributed by atoms with Crippen LogP contribution in [0.4, 0.5) is 0 Å². The first-order valence-corrected chi connectivity index (χ1v) is 9.61. The van der Waals surface area contributed by atoms with Crippen molar-refractivity contribution in [3.05, 3.63) is 10.4 Å². The summed E-state index contributed by atoms with van der Waals surface area (Å²) in [5, 5.41) is 15.3. The zero-order chi connectivity index (χ0) is 25.3. The molecular weight excluding hydrogens is 448 g/mol. The molecule has 33 heavy (non-hydrogen) atoms. The number of ether oxygens (including phenoxy) is 4. The summed E-state index contributed by atoms with van der Waals surface area (Å²) in [4.78, 5) is 72.8. The fraction of sp³-hybridized carbons (Fsp3) is 0.667. The molecule has 2 N–H and O–H groups in total. The minimum Gasteiger partial charge on any atom is -0.478 e. The molecule has 0 aliphatic heterocycles. The number of carbonyl (C=O) groups excluding carboxylic acids is 5. The van der Waals surface area contributed by atoms with Crippen molar-refractivity contribution in [3.63, 3.8) is 0 Å². The van der Waals surface area contributed by atoms with Crippen LogP contribution in [0.2, 0.25) is 0 Å². The van der Waals surface area contributed by atoms with Gasteiger partial charge in [-0.1, -0.05) is 5.11 Å². The van der Waals surface area contributed by atoms with Crippen LogP contribution >= 0.6 is 0 Å². The third-order valence-corrected chi connectivity index (χ3v) is 4.36. The van der Waals surface area contributed by atoms with Crippen LogP contribution in [-0.4, -0.2) is 77.4 Å². The Morgan fingerprint density at radius 1 is 0.879 bits per heavy atom. The summed E-state index contributed by atoms with van der Waals surface area (Å²) < 4.78 is 19.7. The Morgan fingerprint density at radius 3 is 1.85 bits per heavy atom. The van der Waals surface area contributed by atoms with E-state index in [1.165, 1.54) is 0 Å². The molecule has 1 aliphatic carbocycles. The SMILES string of the molecule is CC(=O)O[C@H]1C[C@@H](N=[N+]=[N-])[C@H](OC(C)=O)C[C@H]1NC(=O)[C@H](OC(C)=O)[C@@H](OC(C)=O)C(=O)O. The van der Waals surface area contributed by atoms with Crippen molar-refractivity contribution in [2.24, 2.45) is 5.11 Å². The van der Waals surface area contributed by atoms with Crippen molar-refractivity contribution >= 4 is 35.8 Å². The number of hydrogen-bond donors (Lipinski definition) is 2. The summed E-state index contributed by atoms with van der Waals surface area (Å²) in [5.41, 5.74) is 8.79. The monoisotopic (exact) mass is 472 g/mol. The smallest absolute Gasteiger partial charge is 0.349 e. The number of nitrogens with one attached hydrogen (secondary N) is 1. The molecule has 0 aromatic heterocycles. The summed E-state index contributed by atoms with van der Waals surface area (Å²) in [6.07, 6.45) is -6.65. The van der Waals surface area contributed by atoms with Gasteiger partial charge in [0.25, 0.3) is 5.91 Å². The standard InChI is InChI=1S/C18H24N4O11/c1-7(23)30-13-6-12(21-22-19)14(31-8(2)24)5-11(13)20-17(27)15(32-9(3)25)16(18(28)29)33-10(4)26/h11-16H,5-6H2,1-4H3,(H,20,27)(H,28,29)/t11-,12-,13+,14-,15-,16-/m1/s1. The molecule has 15 nitrogen and oxygen atoms in total. The van der Waals surface area contributed by atoms with Gasteiger partial charge in [-0.15, -0.1) is 0 Å². The first-order valence-electron chi connectivity index (χ1n) is 9.61. The van der Waals surface area contributed by atoms with Crippen molar-refractivity contribution in [2.45, 2.75) is 77.0 Å². The Morgan fingerprint density at radius 2 is 1.39 bits per heavy atom. The molecule has 0 unspecified atom stereocenters. The molecule has 1 saturated carbocycles. The average molecular weight is 472 g/mol. The van der Waals surface area contributed by atoms with E-state index in [1.807, 2.05) is 0 Å².